The van der Waals surface area contributed by atoms with E-state index in [-0.39, 0.29) is 29.8 Å². The van der Waals surface area contributed by atoms with Gasteiger partial charge in [-0.15, -0.1) is 0 Å². The summed E-state index contributed by atoms with van der Waals surface area (Å²) in [5.74, 6) is -1.10. The van der Waals surface area contributed by atoms with Crippen LogP contribution in [0.3, 0.4) is 0 Å². The van der Waals surface area contributed by atoms with E-state index in [1.54, 1.807) is 52.3 Å². The van der Waals surface area contributed by atoms with Crippen LogP contribution in [0.5, 0.6) is 0 Å². The van der Waals surface area contributed by atoms with Crippen LogP contribution in [0.4, 0.5) is 19.0 Å². The number of amides is 1. The molecule has 0 aliphatic carbocycles. The van der Waals surface area contributed by atoms with Crippen LogP contribution in [-0.4, -0.2) is 82.2 Å². The average Bonchev–Trinajstić information content (AvgIpc) is 3.24. The number of halogens is 4. The number of hydrogen-bond acceptors (Lipinski definition) is 6. The standard InChI is InChI=1S/C25H25ClF3N5O2/c1-15-2-7-19-18(12-15)22(31-24(30-19)25(27,28)29)34-13-20(21(35)14-34)32-8-10-33(11-9-32)23(36)16-3-5-17(26)6-4-16/h2-7,12,20-21,35H,8-11,13-14H2,1H3/t20-,21-/m0/s1. The Balaban J connectivity index is 1.32. The number of aryl methyl sites for hydroxylation is 1. The SMILES string of the molecule is Cc1ccc2nc(C(F)(F)F)nc(N3C[C@H](O)[C@@H](N4CCN(C(=O)c5ccc(Cl)cc5)CC4)C3)c2c1. The van der Waals surface area contributed by atoms with Crippen LogP contribution in [0, 0.1) is 6.92 Å². The highest BCUT2D eigenvalue weighted by Gasteiger charge is 2.40. The number of aliphatic hydroxyl groups is 1. The molecule has 1 N–H and O–H groups in total. The van der Waals surface area contributed by atoms with Gasteiger partial charge in [-0.1, -0.05) is 23.2 Å². The molecular formula is C25H25ClF3N5O2. The summed E-state index contributed by atoms with van der Waals surface area (Å²) in [6.45, 7) is 4.40. The van der Waals surface area contributed by atoms with Crippen LogP contribution in [0.1, 0.15) is 21.7 Å². The van der Waals surface area contributed by atoms with Gasteiger partial charge in [0.1, 0.15) is 5.82 Å². The number of hydrogen-bond donors (Lipinski definition) is 1. The van der Waals surface area contributed by atoms with Gasteiger partial charge < -0.3 is 14.9 Å². The van der Waals surface area contributed by atoms with Crippen LogP contribution in [0.15, 0.2) is 42.5 Å². The van der Waals surface area contributed by atoms with Gasteiger partial charge in [-0.2, -0.15) is 13.2 Å². The lowest BCUT2D eigenvalue weighted by Crippen LogP contribution is -2.54. The Hall–Kier alpha value is -2.95. The molecule has 0 unspecified atom stereocenters. The Morgan fingerprint density at radius 3 is 2.39 bits per heavy atom. The quantitative estimate of drug-likeness (QED) is 0.570. The molecule has 2 aliphatic rings. The lowest BCUT2D eigenvalue weighted by atomic mass is 10.1. The number of nitrogens with zero attached hydrogens (tertiary/aromatic N) is 5. The van der Waals surface area contributed by atoms with Crippen molar-refractivity contribution >= 4 is 34.2 Å². The lowest BCUT2D eigenvalue weighted by molar-refractivity contribution is -0.144. The van der Waals surface area contributed by atoms with Crippen molar-refractivity contribution in [1.29, 1.82) is 0 Å². The van der Waals surface area contributed by atoms with E-state index in [9.17, 15) is 23.1 Å². The Morgan fingerprint density at radius 1 is 1.03 bits per heavy atom. The number of aliphatic hydroxyl groups excluding tert-OH is 1. The van der Waals surface area contributed by atoms with Crippen LogP contribution in [0.2, 0.25) is 5.02 Å². The molecule has 3 heterocycles. The van der Waals surface area contributed by atoms with Crippen molar-refractivity contribution in [2.24, 2.45) is 0 Å². The van der Waals surface area contributed by atoms with Gasteiger partial charge >= 0.3 is 6.18 Å². The minimum Gasteiger partial charge on any atom is -0.390 e. The highest BCUT2D eigenvalue weighted by atomic mass is 35.5. The number of alkyl halides is 3. The molecule has 2 fully saturated rings. The predicted molar refractivity (Wildman–Crippen MR) is 130 cm³/mol. The molecule has 3 aromatic rings. The summed E-state index contributed by atoms with van der Waals surface area (Å²) in [6, 6.07) is 11.5. The van der Waals surface area contributed by atoms with Gasteiger partial charge in [-0.05, 0) is 43.3 Å². The van der Waals surface area contributed by atoms with Crippen molar-refractivity contribution < 1.29 is 23.1 Å². The molecule has 2 saturated heterocycles. The molecule has 7 nitrogen and oxygen atoms in total. The average molecular weight is 520 g/mol. The van der Waals surface area contributed by atoms with Crippen LogP contribution < -0.4 is 4.90 Å². The highest BCUT2D eigenvalue weighted by molar-refractivity contribution is 6.30. The molecule has 1 aromatic heterocycles. The zero-order valence-corrected chi connectivity index (χ0v) is 20.3. The second-order valence-electron chi connectivity index (χ2n) is 9.26. The molecule has 0 bridgehead atoms. The van der Waals surface area contributed by atoms with Crippen molar-refractivity contribution in [3.63, 3.8) is 0 Å². The molecule has 36 heavy (non-hydrogen) atoms. The van der Waals surface area contributed by atoms with E-state index in [1.165, 1.54) is 0 Å². The molecule has 2 aromatic carbocycles. The summed E-state index contributed by atoms with van der Waals surface area (Å²) in [5, 5.41) is 11.9. The number of carbonyl (C=O) groups is 1. The molecule has 1 amide bonds. The van der Waals surface area contributed by atoms with Crippen molar-refractivity contribution in [2.45, 2.75) is 25.2 Å². The van der Waals surface area contributed by atoms with Gasteiger partial charge in [-0.25, -0.2) is 9.97 Å². The summed E-state index contributed by atoms with van der Waals surface area (Å²) >= 11 is 5.91. The number of piperazine rings is 1. The molecule has 190 valence electrons. The van der Waals surface area contributed by atoms with E-state index in [2.05, 4.69) is 14.9 Å². The Labute approximate surface area is 211 Å². The molecule has 5 rings (SSSR count). The van der Waals surface area contributed by atoms with Crippen LogP contribution in [-0.2, 0) is 6.18 Å². The topological polar surface area (TPSA) is 72.8 Å². The van der Waals surface area contributed by atoms with Crippen molar-refractivity contribution in [3.05, 3.63) is 64.4 Å². The third kappa shape index (κ3) is 4.85. The fourth-order valence-electron chi connectivity index (χ4n) is 4.93. The minimum atomic E-state index is -4.68. The summed E-state index contributed by atoms with van der Waals surface area (Å²) in [7, 11) is 0. The van der Waals surface area contributed by atoms with Crippen molar-refractivity contribution in [2.75, 3.05) is 44.2 Å². The summed E-state index contributed by atoms with van der Waals surface area (Å²) in [4.78, 5) is 26.0. The van der Waals surface area contributed by atoms with E-state index < -0.39 is 18.1 Å². The van der Waals surface area contributed by atoms with Crippen LogP contribution in [0.25, 0.3) is 10.9 Å². The van der Waals surface area contributed by atoms with E-state index in [0.29, 0.717) is 48.7 Å². The van der Waals surface area contributed by atoms with Crippen LogP contribution >= 0.6 is 11.6 Å². The molecule has 2 aliphatic heterocycles. The number of rotatable bonds is 3. The molecule has 0 spiro atoms. The first kappa shape index (κ1) is 24.7. The summed E-state index contributed by atoms with van der Waals surface area (Å²) < 4.78 is 40.5. The van der Waals surface area contributed by atoms with Crippen molar-refractivity contribution in [3.8, 4) is 0 Å². The summed E-state index contributed by atoms with van der Waals surface area (Å²) in [5.41, 5.74) is 1.65. The van der Waals surface area contributed by atoms with Gasteiger partial charge in [-0.3, -0.25) is 9.69 Å². The Kier molecular flexibility index (Phi) is 6.52. The molecule has 0 saturated carbocycles. The molecular weight excluding hydrogens is 495 g/mol. The highest BCUT2D eigenvalue weighted by Crippen LogP contribution is 2.34. The largest absolute Gasteiger partial charge is 0.451 e. The van der Waals surface area contributed by atoms with E-state index in [0.717, 1.165) is 5.56 Å². The van der Waals surface area contributed by atoms with Gasteiger partial charge in [0, 0.05) is 55.2 Å². The normalized spacial score (nSPS) is 21.4. The smallest absolute Gasteiger partial charge is 0.390 e. The zero-order valence-electron chi connectivity index (χ0n) is 19.5. The van der Waals surface area contributed by atoms with Crippen molar-refractivity contribution in [1.82, 2.24) is 19.8 Å². The predicted octanol–water partition coefficient (Wildman–Crippen LogP) is 3.62. The molecule has 0 radical (unpaired) electrons. The summed E-state index contributed by atoms with van der Waals surface area (Å²) in [6.07, 6.45) is -5.45. The maximum atomic E-state index is 13.5. The minimum absolute atomic E-state index is 0.0811. The second-order valence-corrected chi connectivity index (χ2v) is 9.70. The first-order valence-corrected chi connectivity index (χ1v) is 12.1. The number of aromatic nitrogens is 2. The van der Waals surface area contributed by atoms with Gasteiger partial charge in [0.15, 0.2) is 0 Å². The molecule has 2 atom stereocenters. The first-order chi connectivity index (χ1) is 17.1. The fourth-order valence-corrected chi connectivity index (χ4v) is 5.05. The maximum absolute atomic E-state index is 13.5. The van der Waals surface area contributed by atoms with Gasteiger partial charge in [0.05, 0.1) is 17.7 Å². The number of fused-ring (bicyclic) bond motifs is 1. The zero-order chi connectivity index (χ0) is 25.6. The number of carbonyl (C=O) groups excluding carboxylic acids is 1. The van der Waals surface area contributed by atoms with E-state index in [1.807, 2.05) is 6.92 Å². The Bertz CT molecular complexity index is 1280. The number of β-amino-alcohol motifs (C(OH)–C–C–N with tert-alkyl or cyclic N) is 1. The van der Waals surface area contributed by atoms with E-state index in [4.69, 9.17) is 11.6 Å². The maximum Gasteiger partial charge on any atom is 0.451 e. The third-order valence-electron chi connectivity index (χ3n) is 6.80. The first-order valence-electron chi connectivity index (χ1n) is 11.7. The number of benzene rings is 2. The third-order valence-corrected chi connectivity index (χ3v) is 7.06. The fraction of sp³-hybridized carbons (Fsp3) is 0.400. The second kappa shape index (κ2) is 9.49. The monoisotopic (exact) mass is 519 g/mol. The number of anilines is 1. The lowest BCUT2D eigenvalue weighted by Gasteiger charge is -2.38. The molecule has 11 heteroatoms. The van der Waals surface area contributed by atoms with Gasteiger partial charge in [0.2, 0.25) is 5.82 Å². The van der Waals surface area contributed by atoms with E-state index >= 15 is 0 Å². The Morgan fingerprint density at radius 2 is 1.72 bits per heavy atom. The van der Waals surface area contributed by atoms with Gasteiger partial charge in [0.25, 0.3) is 5.91 Å².